The fourth-order valence-electron chi connectivity index (χ4n) is 0.984. The first-order chi connectivity index (χ1) is 5.77. The molecule has 0 heterocycles. The monoisotopic (exact) mass is 199 g/mol. The first-order valence-electron chi connectivity index (χ1n) is 4.03. The summed E-state index contributed by atoms with van der Waals surface area (Å²) in [5.74, 6) is 0. The predicted molar refractivity (Wildman–Crippen MR) is 44.6 cm³/mol. The van der Waals surface area contributed by atoms with Crippen LogP contribution < -0.4 is 5.32 Å². The summed E-state index contributed by atoms with van der Waals surface area (Å²) in [7, 11) is 1.53. The molecule has 13 heavy (non-hydrogen) atoms. The van der Waals surface area contributed by atoms with Crippen LogP contribution in [0.1, 0.15) is 13.8 Å². The predicted octanol–water partition coefficient (Wildman–Crippen LogP) is 1.81. The number of nitrogens with one attached hydrogen (secondary N) is 1. The van der Waals surface area contributed by atoms with Crippen molar-refractivity contribution in [3.63, 3.8) is 0 Å². The largest absolute Gasteiger partial charge is 0.401 e. The van der Waals surface area contributed by atoms with Crippen molar-refractivity contribution in [1.29, 1.82) is 0 Å². The Morgan fingerprint density at radius 2 is 1.69 bits per heavy atom. The van der Waals surface area contributed by atoms with E-state index in [4.69, 9.17) is 4.74 Å². The lowest BCUT2D eigenvalue weighted by Gasteiger charge is -2.24. The molecule has 0 saturated carbocycles. The van der Waals surface area contributed by atoms with Crippen LogP contribution in [0.5, 0.6) is 0 Å². The minimum absolute atomic E-state index is 0.264. The number of ether oxygens (including phenoxy) is 1. The molecule has 0 unspecified atom stereocenters. The molecule has 5 heteroatoms. The van der Waals surface area contributed by atoms with E-state index >= 15 is 0 Å². The standard InChI is InChI=1S/C8H16F3NO/c1-7(2,6-13-3)4-12-5-8(9,10)11/h12H,4-6H2,1-3H3. The minimum atomic E-state index is -4.14. The lowest BCUT2D eigenvalue weighted by atomic mass is 9.95. The summed E-state index contributed by atoms with van der Waals surface area (Å²) >= 11 is 0. The van der Waals surface area contributed by atoms with Gasteiger partial charge in [0.05, 0.1) is 13.2 Å². The van der Waals surface area contributed by atoms with E-state index in [9.17, 15) is 13.2 Å². The molecule has 0 aliphatic heterocycles. The first-order valence-corrected chi connectivity index (χ1v) is 4.03. The van der Waals surface area contributed by atoms with E-state index in [1.807, 2.05) is 13.8 Å². The van der Waals surface area contributed by atoms with E-state index in [-0.39, 0.29) is 5.41 Å². The lowest BCUT2D eigenvalue weighted by molar-refractivity contribution is -0.125. The van der Waals surface area contributed by atoms with Crippen LogP contribution in [-0.2, 0) is 4.74 Å². The van der Waals surface area contributed by atoms with Crippen molar-refractivity contribution < 1.29 is 17.9 Å². The first kappa shape index (κ1) is 12.7. The van der Waals surface area contributed by atoms with E-state index in [0.29, 0.717) is 13.2 Å². The van der Waals surface area contributed by atoms with Gasteiger partial charge in [0.2, 0.25) is 0 Å². The van der Waals surface area contributed by atoms with Gasteiger partial charge in [-0.3, -0.25) is 0 Å². The second-order valence-electron chi connectivity index (χ2n) is 3.82. The molecule has 0 saturated heterocycles. The molecule has 0 aromatic heterocycles. The number of hydrogen-bond donors (Lipinski definition) is 1. The van der Waals surface area contributed by atoms with Crippen LogP contribution in [0.4, 0.5) is 13.2 Å². The zero-order chi connectivity index (χ0) is 10.5. The average molecular weight is 199 g/mol. The maximum Gasteiger partial charge on any atom is 0.401 e. The van der Waals surface area contributed by atoms with E-state index < -0.39 is 12.7 Å². The third-order valence-electron chi connectivity index (χ3n) is 1.46. The van der Waals surface area contributed by atoms with Gasteiger partial charge < -0.3 is 10.1 Å². The number of halogens is 3. The topological polar surface area (TPSA) is 21.3 Å². The number of hydrogen-bond acceptors (Lipinski definition) is 2. The Morgan fingerprint density at radius 1 is 1.15 bits per heavy atom. The van der Waals surface area contributed by atoms with Gasteiger partial charge in [0.1, 0.15) is 0 Å². The van der Waals surface area contributed by atoms with Gasteiger partial charge in [-0.1, -0.05) is 13.8 Å². The lowest BCUT2D eigenvalue weighted by Crippen LogP contribution is -2.38. The number of alkyl halides is 3. The smallest absolute Gasteiger partial charge is 0.384 e. The van der Waals surface area contributed by atoms with Crippen LogP contribution in [0.3, 0.4) is 0 Å². The molecule has 0 radical (unpaired) electrons. The van der Waals surface area contributed by atoms with Gasteiger partial charge in [0.15, 0.2) is 0 Å². The van der Waals surface area contributed by atoms with Crippen molar-refractivity contribution >= 4 is 0 Å². The van der Waals surface area contributed by atoms with Crippen molar-refractivity contribution in [1.82, 2.24) is 5.32 Å². The van der Waals surface area contributed by atoms with E-state index in [2.05, 4.69) is 5.32 Å². The second-order valence-corrected chi connectivity index (χ2v) is 3.82. The second kappa shape index (κ2) is 4.81. The molecule has 2 nitrogen and oxygen atoms in total. The summed E-state index contributed by atoms with van der Waals surface area (Å²) in [4.78, 5) is 0. The highest BCUT2D eigenvalue weighted by Gasteiger charge is 2.27. The Balaban J connectivity index is 3.63. The normalized spacial score (nSPS) is 13.4. The van der Waals surface area contributed by atoms with Crippen molar-refractivity contribution in [2.45, 2.75) is 20.0 Å². The fraction of sp³-hybridized carbons (Fsp3) is 1.00. The maximum absolute atomic E-state index is 11.7. The molecule has 0 aromatic carbocycles. The van der Waals surface area contributed by atoms with Crippen molar-refractivity contribution in [3.8, 4) is 0 Å². The SMILES string of the molecule is COCC(C)(C)CNCC(F)(F)F. The molecule has 0 amide bonds. The number of rotatable bonds is 5. The summed E-state index contributed by atoms with van der Waals surface area (Å²) in [6.07, 6.45) is -4.14. The van der Waals surface area contributed by atoms with Gasteiger partial charge in [-0.2, -0.15) is 13.2 Å². The Labute approximate surface area is 76.5 Å². The molecule has 0 aliphatic rings. The van der Waals surface area contributed by atoms with Crippen LogP contribution in [0.25, 0.3) is 0 Å². The highest BCUT2D eigenvalue weighted by atomic mass is 19.4. The molecule has 0 atom stereocenters. The van der Waals surface area contributed by atoms with E-state index in [1.54, 1.807) is 0 Å². The van der Waals surface area contributed by atoms with Crippen molar-refractivity contribution in [3.05, 3.63) is 0 Å². The summed E-state index contributed by atoms with van der Waals surface area (Å²) in [6, 6.07) is 0. The fourth-order valence-corrected chi connectivity index (χ4v) is 0.984. The maximum atomic E-state index is 11.7. The molecule has 0 aliphatic carbocycles. The van der Waals surface area contributed by atoms with Crippen LogP contribution in [0.15, 0.2) is 0 Å². The Bertz CT molecular complexity index is 145. The summed E-state index contributed by atoms with van der Waals surface area (Å²) in [6.45, 7) is 3.48. The summed E-state index contributed by atoms with van der Waals surface area (Å²) in [5, 5.41) is 2.35. The van der Waals surface area contributed by atoms with E-state index in [0.717, 1.165) is 0 Å². The quantitative estimate of drug-likeness (QED) is 0.729. The molecule has 0 rings (SSSR count). The Kier molecular flexibility index (Phi) is 4.70. The van der Waals surface area contributed by atoms with Crippen LogP contribution in [0.2, 0.25) is 0 Å². The van der Waals surface area contributed by atoms with Crippen LogP contribution >= 0.6 is 0 Å². The van der Waals surface area contributed by atoms with Gasteiger partial charge in [0.25, 0.3) is 0 Å². The van der Waals surface area contributed by atoms with Crippen LogP contribution in [0, 0.1) is 5.41 Å². The van der Waals surface area contributed by atoms with Gasteiger partial charge >= 0.3 is 6.18 Å². The molecular weight excluding hydrogens is 183 g/mol. The summed E-state index contributed by atoms with van der Waals surface area (Å²) in [5.41, 5.74) is -0.264. The van der Waals surface area contributed by atoms with E-state index in [1.165, 1.54) is 7.11 Å². The zero-order valence-corrected chi connectivity index (χ0v) is 8.16. The highest BCUT2D eigenvalue weighted by molar-refractivity contribution is 4.71. The van der Waals surface area contributed by atoms with Gasteiger partial charge in [-0.15, -0.1) is 0 Å². The number of methoxy groups -OCH3 is 1. The molecular formula is C8H16F3NO. The average Bonchev–Trinajstić information content (AvgIpc) is 1.82. The van der Waals surface area contributed by atoms with Gasteiger partial charge in [0, 0.05) is 19.1 Å². The third-order valence-corrected chi connectivity index (χ3v) is 1.46. The van der Waals surface area contributed by atoms with Gasteiger partial charge in [-0.05, 0) is 0 Å². The van der Waals surface area contributed by atoms with Crippen molar-refractivity contribution in [2.75, 3.05) is 26.8 Å². The highest BCUT2D eigenvalue weighted by Crippen LogP contribution is 2.16. The molecule has 0 fully saturated rings. The molecule has 80 valence electrons. The Hall–Kier alpha value is -0.290. The van der Waals surface area contributed by atoms with Crippen molar-refractivity contribution in [2.24, 2.45) is 5.41 Å². The zero-order valence-electron chi connectivity index (χ0n) is 8.16. The third kappa shape index (κ3) is 8.05. The Morgan fingerprint density at radius 3 is 2.08 bits per heavy atom. The van der Waals surface area contributed by atoms with Gasteiger partial charge in [-0.25, -0.2) is 0 Å². The molecule has 0 aromatic rings. The summed E-state index contributed by atoms with van der Waals surface area (Å²) < 4.78 is 40.0. The molecule has 0 spiro atoms. The molecule has 0 bridgehead atoms. The molecule has 1 N–H and O–H groups in total. The minimum Gasteiger partial charge on any atom is -0.384 e. The van der Waals surface area contributed by atoms with Crippen LogP contribution in [-0.4, -0.2) is 33.0 Å².